The molecule has 0 saturated carbocycles. The molecule has 0 saturated heterocycles. The predicted octanol–water partition coefficient (Wildman–Crippen LogP) is 3.77. The Balaban J connectivity index is 1.11. The van der Waals surface area contributed by atoms with E-state index in [2.05, 4.69) is 20.6 Å². The molecule has 4 aromatic rings. The van der Waals surface area contributed by atoms with Gasteiger partial charge in [0.1, 0.15) is 28.7 Å². The molecule has 0 aliphatic rings. The maximum Gasteiger partial charge on any atom is 0.535 e. The Morgan fingerprint density at radius 1 is 0.707 bits per heavy atom. The van der Waals surface area contributed by atoms with Crippen LogP contribution in [0.15, 0.2) is 48.5 Å². The molecule has 0 amide bonds. The highest BCUT2D eigenvalue weighted by Gasteiger charge is 2.26. The Morgan fingerprint density at radius 2 is 1.24 bits per heavy atom. The predicted molar refractivity (Wildman–Crippen MR) is 145 cm³/mol. The van der Waals surface area contributed by atoms with Gasteiger partial charge in [-0.15, -0.1) is 10.2 Å². The van der Waals surface area contributed by atoms with E-state index >= 15 is 0 Å². The lowest BCUT2D eigenvalue weighted by molar-refractivity contribution is -0.0954. The summed E-state index contributed by atoms with van der Waals surface area (Å²) in [6.07, 6.45) is -0.0266. The number of aromatic nitrogens is 6. The first-order valence-corrected chi connectivity index (χ1v) is 13.3. The number of benzene rings is 2. The van der Waals surface area contributed by atoms with Crippen molar-refractivity contribution in [3.05, 3.63) is 48.5 Å². The third kappa shape index (κ3) is 8.35. The molecule has 0 aliphatic carbocycles. The Kier molecular flexibility index (Phi) is 9.68. The molecule has 220 valence electrons. The maximum atomic E-state index is 12.1. The minimum absolute atomic E-state index is 0.00519. The lowest BCUT2D eigenvalue weighted by atomic mass is 9.99. The van der Waals surface area contributed by atoms with E-state index in [9.17, 15) is 9.59 Å². The first-order chi connectivity index (χ1) is 19.7. The van der Waals surface area contributed by atoms with E-state index in [1.165, 1.54) is 0 Å². The van der Waals surface area contributed by atoms with E-state index in [1.807, 2.05) is 39.8 Å². The molecular formula is C27H34N6O8. The van der Waals surface area contributed by atoms with E-state index < -0.39 is 23.5 Å². The third-order valence-electron chi connectivity index (χ3n) is 6.51. The van der Waals surface area contributed by atoms with Crippen molar-refractivity contribution in [2.24, 2.45) is 0 Å². The zero-order valence-electron chi connectivity index (χ0n) is 23.5. The van der Waals surface area contributed by atoms with E-state index in [0.717, 1.165) is 16.1 Å². The second-order valence-corrected chi connectivity index (χ2v) is 10.0. The Labute approximate surface area is 236 Å². The lowest BCUT2D eigenvalue weighted by Crippen LogP contribution is -2.34. The van der Waals surface area contributed by atoms with Gasteiger partial charge in [0.15, 0.2) is 0 Å². The molecule has 41 heavy (non-hydrogen) atoms. The first-order valence-electron chi connectivity index (χ1n) is 13.3. The standard InChI is InChI=1S/C27H34N6O8/c1-5-27(4,39-19-18-37-25(35)41-33-23-13-9-7-11-21(23)29-31-33)15-17-38-26(2,3)14-16-36-24(34)40-32-22-12-8-6-10-20(22)28-30-32/h6-13H,5,14-19H2,1-4H3. The summed E-state index contributed by atoms with van der Waals surface area (Å²) < 4.78 is 22.4. The van der Waals surface area contributed by atoms with Crippen molar-refractivity contribution in [2.75, 3.05) is 26.4 Å². The van der Waals surface area contributed by atoms with E-state index in [0.29, 0.717) is 41.5 Å². The van der Waals surface area contributed by atoms with Crippen LogP contribution >= 0.6 is 0 Å². The molecule has 0 spiro atoms. The molecule has 0 radical (unpaired) electrons. The zero-order valence-corrected chi connectivity index (χ0v) is 23.5. The summed E-state index contributed by atoms with van der Waals surface area (Å²) in [5, 5.41) is 15.4. The van der Waals surface area contributed by atoms with E-state index in [-0.39, 0.29) is 19.8 Å². The summed E-state index contributed by atoms with van der Waals surface area (Å²) in [5.74, 6) is 0. The van der Waals surface area contributed by atoms with Gasteiger partial charge < -0.3 is 18.9 Å². The SMILES string of the molecule is CCC(C)(CCOC(C)(C)CCOC(=O)On1nnc2ccccc21)OCCOC(=O)On1nnc2ccccc21. The van der Waals surface area contributed by atoms with Gasteiger partial charge in [-0.1, -0.05) is 40.9 Å². The monoisotopic (exact) mass is 570 g/mol. The average molecular weight is 571 g/mol. The van der Waals surface area contributed by atoms with Gasteiger partial charge in [-0.2, -0.15) is 0 Å². The molecule has 2 aromatic carbocycles. The second-order valence-electron chi connectivity index (χ2n) is 10.0. The van der Waals surface area contributed by atoms with E-state index in [1.54, 1.807) is 36.4 Å². The van der Waals surface area contributed by atoms with Gasteiger partial charge in [-0.25, -0.2) is 9.59 Å². The van der Waals surface area contributed by atoms with Crippen LogP contribution in [0.4, 0.5) is 9.59 Å². The summed E-state index contributed by atoms with van der Waals surface area (Å²) in [6.45, 7) is 8.49. The van der Waals surface area contributed by atoms with Crippen LogP contribution in [0.25, 0.3) is 22.1 Å². The van der Waals surface area contributed by atoms with Gasteiger partial charge in [-0.05, 0) is 68.3 Å². The average Bonchev–Trinajstić information content (AvgIpc) is 3.55. The van der Waals surface area contributed by atoms with Gasteiger partial charge >= 0.3 is 12.3 Å². The maximum absolute atomic E-state index is 12.1. The van der Waals surface area contributed by atoms with Crippen LogP contribution in [0.3, 0.4) is 0 Å². The van der Waals surface area contributed by atoms with Crippen molar-refractivity contribution in [1.82, 2.24) is 30.3 Å². The van der Waals surface area contributed by atoms with Gasteiger partial charge in [0, 0.05) is 6.42 Å². The topological polar surface area (TPSA) is 151 Å². The molecule has 2 aromatic heterocycles. The van der Waals surface area contributed by atoms with Crippen LogP contribution in [0, 0.1) is 0 Å². The van der Waals surface area contributed by atoms with Crippen molar-refractivity contribution < 1.29 is 38.2 Å². The van der Waals surface area contributed by atoms with Gasteiger partial charge in [-0.3, -0.25) is 9.68 Å². The Bertz CT molecular complexity index is 1450. The van der Waals surface area contributed by atoms with Crippen LogP contribution in [-0.4, -0.2) is 80.3 Å². The molecule has 0 N–H and O–H groups in total. The van der Waals surface area contributed by atoms with Crippen LogP contribution in [-0.2, 0) is 18.9 Å². The Hall–Kier alpha value is -4.30. The largest absolute Gasteiger partial charge is 0.535 e. The number of rotatable bonds is 14. The van der Waals surface area contributed by atoms with Crippen molar-refractivity contribution in [2.45, 2.75) is 58.2 Å². The molecule has 4 rings (SSSR count). The summed E-state index contributed by atoms with van der Waals surface area (Å²) in [6, 6.07) is 14.2. The number of carbonyl (C=O) groups is 2. The van der Waals surface area contributed by atoms with Crippen molar-refractivity contribution in [3.8, 4) is 0 Å². The molecule has 2 heterocycles. The molecule has 14 nitrogen and oxygen atoms in total. The number of ether oxygens (including phenoxy) is 4. The quantitative estimate of drug-likeness (QED) is 0.123. The molecule has 0 bridgehead atoms. The minimum Gasteiger partial charge on any atom is -0.433 e. The van der Waals surface area contributed by atoms with Crippen LogP contribution in [0.1, 0.15) is 47.0 Å². The number of carbonyl (C=O) groups excluding carboxylic acids is 2. The van der Waals surface area contributed by atoms with Gasteiger partial charge in [0.2, 0.25) is 0 Å². The number of fused-ring (bicyclic) bond motifs is 2. The highest BCUT2D eigenvalue weighted by molar-refractivity contribution is 5.75. The number of hydrogen-bond acceptors (Lipinski definition) is 12. The van der Waals surface area contributed by atoms with Crippen LogP contribution < -0.4 is 9.68 Å². The highest BCUT2D eigenvalue weighted by atomic mass is 16.8. The van der Waals surface area contributed by atoms with Crippen molar-refractivity contribution in [1.29, 1.82) is 0 Å². The van der Waals surface area contributed by atoms with Crippen molar-refractivity contribution in [3.63, 3.8) is 0 Å². The second kappa shape index (κ2) is 13.4. The fourth-order valence-electron chi connectivity index (χ4n) is 3.78. The third-order valence-corrected chi connectivity index (χ3v) is 6.51. The fraction of sp³-hybridized carbons (Fsp3) is 0.481. The molecule has 0 aliphatic heterocycles. The molecule has 14 heteroatoms. The summed E-state index contributed by atoms with van der Waals surface area (Å²) in [4.78, 5) is 36.3. The molecule has 1 atom stereocenters. The normalized spacial score (nSPS) is 13.2. The molecule has 0 fully saturated rings. The molecule has 1 unspecified atom stereocenters. The van der Waals surface area contributed by atoms with Crippen LogP contribution in [0.5, 0.6) is 0 Å². The molecular weight excluding hydrogens is 536 g/mol. The lowest BCUT2D eigenvalue weighted by Gasteiger charge is -2.31. The van der Waals surface area contributed by atoms with Gasteiger partial charge in [0.05, 0.1) is 31.0 Å². The zero-order chi connectivity index (χ0) is 29.3. The number of hydrogen-bond donors (Lipinski definition) is 0. The summed E-state index contributed by atoms with van der Waals surface area (Å²) in [5.41, 5.74) is 1.25. The highest BCUT2D eigenvalue weighted by Crippen LogP contribution is 2.23. The number of para-hydroxylation sites is 2. The smallest absolute Gasteiger partial charge is 0.433 e. The Morgan fingerprint density at radius 3 is 1.80 bits per heavy atom. The summed E-state index contributed by atoms with van der Waals surface area (Å²) >= 11 is 0. The fourth-order valence-corrected chi connectivity index (χ4v) is 3.78. The number of nitrogens with zero attached hydrogens (tertiary/aromatic N) is 6. The van der Waals surface area contributed by atoms with Gasteiger partial charge in [0.25, 0.3) is 0 Å². The van der Waals surface area contributed by atoms with E-state index in [4.69, 9.17) is 28.6 Å². The summed E-state index contributed by atoms with van der Waals surface area (Å²) in [7, 11) is 0. The first kappa shape index (κ1) is 29.7. The van der Waals surface area contributed by atoms with Crippen LogP contribution in [0.2, 0.25) is 0 Å². The minimum atomic E-state index is -0.909. The van der Waals surface area contributed by atoms with Crippen molar-refractivity contribution >= 4 is 34.4 Å².